The van der Waals surface area contributed by atoms with E-state index in [1.54, 1.807) is 0 Å². The maximum atomic E-state index is 13.0. The second kappa shape index (κ2) is 23.9. The number of hydrogen-bond donors (Lipinski definition) is 1. The first-order valence-corrected chi connectivity index (χ1v) is 17.3. The van der Waals surface area contributed by atoms with Gasteiger partial charge in [0.05, 0.1) is 31.0 Å². The third-order valence-corrected chi connectivity index (χ3v) is 8.63. The maximum absolute atomic E-state index is 13.0. The van der Waals surface area contributed by atoms with Crippen molar-refractivity contribution in [2.24, 2.45) is 29.6 Å². The molecule has 1 N–H and O–H groups in total. The highest BCUT2D eigenvalue weighted by Crippen LogP contribution is 2.37. The number of rotatable bonds is 25. The van der Waals surface area contributed by atoms with Gasteiger partial charge in [0.1, 0.15) is 0 Å². The Kier molecular flexibility index (Phi) is 21.8. The average Bonchev–Trinajstić information content (AvgIpc) is 2.93. The Labute approximate surface area is 252 Å². The average molecular weight is 581 g/mol. The molecule has 1 aliphatic rings. The second-order valence-electron chi connectivity index (χ2n) is 13.4. The van der Waals surface area contributed by atoms with E-state index in [0.29, 0.717) is 25.9 Å². The Balaban J connectivity index is 2.28. The number of carboxylic acid groups (broad SMARTS) is 1. The van der Waals surface area contributed by atoms with Crippen molar-refractivity contribution in [1.82, 2.24) is 0 Å². The molecule has 0 aromatic rings. The van der Waals surface area contributed by atoms with Crippen LogP contribution in [-0.4, -0.2) is 36.2 Å². The molecule has 6 nitrogen and oxygen atoms in total. The van der Waals surface area contributed by atoms with Crippen LogP contribution in [-0.2, 0) is 23.9 Å². The Hall–Kier alpha value is -1.59. The molecule has 3 unspecified atom stereocenters. The van der Waals surface area contributed by atoms with Crippen LogP contribution in [0.3, 0.4) is 0 Å². The van der Waals surface area contributed by atoms with E-state index in [9.17, 15) is 19.5 Å². The van der Waals surface area contributed by atoms with Crippen LogP contribution in [0.4, 0.5) is 0 Å². The molecule has 0 amide bonds. The molecular formula is C35H64O6. The molecule has 0 aromatic carbocycles. The molecule has 0 radical (unpaired) electrons. The second-order valence-corrected chi connectivity index (χ2v) is 13.4. The van der Waals surface area contributed by atoms with Crippen molar-refractivity contribution in [1.29, 1.82) is 0 Å². The van der Waals surface area contributed by atoms with E-state index < -0.39 is 35.7 Å². The van der Waals surface area contributed by atoms with Crippen molar-refractivity contribution in [3.63, 3.8) is 0 Å². The summed E-state index contributed by atoms with van der Waals surface area (Å²) in [5.41, 5.74) is 0. The smallest absolute Gasteiger partial charge is 0.310 e. The lowest BCUT2D eigenvalue weighted by atomic mass is 9.72. The van der Waals surface area contributed by atoms with Crippen molar-refractivity contribution < 1.29 is 29.0 Å². The van der Waals surface area contributed by atoms with Gasteiger partial charge in [0, 0.05) is 0 Å². The van der Waals surface area contributed by atoms with Gasteiger partial charge in [-0.3, -0.25) is 14.4 Å². The van der Waals surface area contributed by atoms with Crippen LogP contribution < -0.4 is 0 Å². The molecule has 1 rings (SSSR count). The molecule has 1 saturated carbocycles. The third-order valence-electron chi connectivity index (χ3n) is 8.63. The minimum absolute atomic E-state index is 0.287. The predicted octanol–water partition coefficient (Wildman–Crippen LogP) is 9.52. The Morgan fingerprint density at radius 1 is 0.561 bits per heavy atom. The lowest BCUT2D eigenvalue weighted by Crippen LogP contribution is -2.43. The van der Waals surface area contributed by atoms with Gasteiger partial charge in [-0.05, 0) is 37.5 Å². The van der Waals surface area contributed by atoms with Crippen molar-refractivity contribution in [3.8, 4) is 0 Å². The fraction of sp³-hybridized carbons (Fsp3) is 0.914. The molecule has 41 heavy (non-hydrogen) atoms. The molecular weight excluding hydrogens is 516 g/mol. The van der Waals surface area contributed by atoms with Gasteiger partial charge in [-0.1, -0.05) is 137 Å². The highest BCUT2D eigenvalue weighted by molar-refractivity contribution is 5.87. The largest absolute Gasteiger partial charge is 0.481 e. The van der Waals surface area contributed by atoms with E-state index in [1.807, 2.05) is 0 Å². The van der Waals surface area contributed by atoms with Crippen molar-refractivity contribution >= 4 is 17.9 Å². The molecule has 0 bridgehead atoms. The van der Waals surface area contributed by atoms with Crippen molar-refractivity contribution in [2.75, 3.05) is 13.2 Å². The SMILES string of the molecule is CC(C)CCCCCCCCCCOC(=O)C1CCCC(C(=O)O)C1C(=O)OCCCCCCCCCCC(C)C. The van der Waals surface area contributed by atoms with Crippen LogP contribution in [0.1, 0.15) is 163 Å². The summed E-state index contributed by atoms with van der Waals surface area (Å²) in [6.07, 6.45) is 22.8. The van der Waals surface area contributed by atoms with Gasteiger partial charge < -0.3 is 14.6 Å². The molecule has 1 aliphatic carbocycles. The summed E-state index contributed by atoms with van der Waals surface area (Å²) in [5.74, 6) is -2.98. The van der Waals surface area contributed by atoms with E-state index in [4.69, 9.17) is 9.47 Å². The molecule has 0 aromatic heterocycles. The number of carbonyl (C=O) groups is 3. The van der Waals surface area contributed by atoms with Crippen LogP contribution in [0.5, 0.6) is 0 Å². The van der Waals surface area contributed by atoms with Crippen LogP contribution in [0.2, 0.25) is 0 Å². The molecule has 0 spiro atoms. The van der Waals surface area contributed by atoms with E-state index in [-0.39, 0.29) is 6.61 Å². The number of aliphatic carboxylic acids is 1. The first-order chi connectivity index (χ1) is 19.7. The standard InChI is InChI=1S/C35H64O6/c1-28(2)22-17-13-9-5-7-11-15-19-26-40-34(38)31-25-21-24-30(33(36)37)32(31)35(39)41-27-20-16-12-8-6-10-14-18-23-29(3)4/h28-32H,5-27H2,1-4H3,(H,36,37). The van der Waals surface area contributed by atoms with E-state index in [2.05, 4.69) is 27.7 Å². The summed E-state index contributed by atoms with van der Waals surface area (Å²) >= 11 is 0. The molecule has 0 aliphatic heterocycles. The molecule has 3 atom stereocenters. The van der Waals surface area contributed by atoms with E-state index >= 15 is 0 Å². The first-order valence-electron chi connectivity index (χ1n) is 17.3. The zero-order chi connectivity index (χ0) is 30.3. The topological polar surface area (TPSA) is 89.9 Å². The van der Waals surface area contributed by atoms with Crippen LogP contribution in [0, 0.1) is 29.6 Å². The number of carbonyl (C=O) groups excluding carboxylic acids is 2. The van der Waals surface area contributed by atoms with Crippen molar-refractivity contribution in [3.05, 3.63) is 0 Å². The number of unbranched alkanes of at least 4 members (excludes halogenated alkanes) is 14. The summed E-state index contributed by atoms with van der Waals surface area (Å²) in [4.78, 5) is 37.8. The Bertz CT molecular complexity index is 688. The number of carboxylic acids is 1. The zero-order valence-electron chi connectivity index (χ0n) is 27.1. The fourth-order valence-electron chi connectivity index (χ4n) is 6.05. The molecule has 240 valence electrons. The minimum Gasteiger partial charge on any atom is -0.481 e. The van der Waals surface area contributed by atoms with Crippen molar-refractivity contribution in [2.45, 2.75) is 163 Å². The van der Waals surface area contributed by atoms with E-state index in [1.165, 1.54) is 77.0 Å². The number of ether oxygens (including phenoxy) is 2. The van der Waals surface area contributed by atoms with Crippen LogP contribution in [0.15, 0.2) is 0 Å². The Morgan fingerprint density at radius 2 is 0.927 bits per heavy atom. The summed E-state index contributed by atoms with van der Waals surface area (Å²) in [5, 5.41) is 9.76. The van der Waals surface area contributed by atoms with Gasteiger partial charge in [0.25, 0.3) is 0 Å². The molecule has 1 fully saturated rings. The summed E-state index contributed by atoms with van der Waals surface area (Å²) in [6.45, 7) is 9.72. The van der Waals surface area contributed by atoms with Gasteiger partial charge in [0.2, 0.25) is 0 Å². The van der Waals surface area contributed by atoms with Gasteiger partial charge in [-0.2, -0.15) is 0 Å². The number of esters is 2. The van der Waals surface area contributed by atoms with Gasteiger partial charge in [-0.15, -0.1) is 0 Å². The van der Waals surface area contributed by atoms with E-state index in [0.717, 1.165) is 50.4 Å². The quantitative estimate of drug-likeness (QED) is 0.0854. The molecule has 0 saturated heterocycles. The fourth-order valence-corrected chi connectivity index (χ4v) is 6.05. The lowest BCUT2D eigenvalue weighted by molar-refractivity contribution is -0.170. The minimum atomic E-state index is -1.03. The first kappa shape index (κ1) is 37.4. The van der Waals surface area contributed by atoms with Gasteiger partial charge in [0.15, 0.2) is 0 Å². The van der Waals surface area contributed by atoms with Gasteiger partial charge in [-0.25, -0.2) is 0 Å². The highest BCUT2D eigenvalue weighted by atomic mass is 16.5. The van der Waals surface area contributed by atoms with Crippen LogP contribution >= 0.6 is 0 Å². The van der Waals surface area contributed by atoms with Crippen LogP contribution in [0.25, 0.3) is 0 Å². The highest BCUT2D eigenvalue weighted by Gasteiger charge is 2.46. The zero-order valence-corrected chi connectivity index (χ0v) is 27.1. The maximum Gasteiger partial charge on any atom is 0.310 e. The normalized spacial score (nSPS) is 19.0. The predicted molar refractivity (Wildman–Crippen MR) is 167 cm³/mol. The molecule has 6 heteroatoms. The summed E-state index contributed by atoms with van der Waals surface area (Å²) in [6, 6.07) is 0. The lowest BCUT2D eigenvalue weighted by Gasteiger charge is -2.33. The Morgan fingerprint density at radius 3 is 1.34 bits per heavy atom. The summed E-state index contributed by atoms with van der Waals surface area (Å²) in [7, 11) is 0. The number of hydrogen-bond acceptors (Lipinski definition) is 5. The monoisotopic (exact) mass is 580 g/mol. The third kappa shape index (κ3) is 18.5. The molecule has 0 heterocycles. The summed E-state index contributed by atoms with van der Waals surface area (Å²) < 4.78 is 11.1. The van der Waals surface area contributed by atoms with Gasteiger partial charge >= 0.3 is 17.9 Å².